The number of rotatable bonds is 9. The Kier molecular flexibility index (Phi) is 9.21. The Hall–Kier alpha value is -2.47. The van der Waals surface area contributed by atoms with Gasteiger partial charge < -0.3 is 15.6 Å². The molecular formula is C27H28Cl2N6O2S2. The summed E-state index contributed by atoms with van der Waals surface area (Å²) in [6, 6.07) is 13.4. The molecule has 0 bridgehead atoms. The number of hydrogen-bond acceptors (Lipinski definition) is 9. The van der Waals surface area contributed by atoms with Crippen LogP contribution in [0.15, 0.2) is 56.7 Å². The lowest BCUT2D eigenvalue weighted by Crippen LogP contribution is -2.44. The van der Waals surface area contributed by atoms with E-state index in [4.69, 9.17) is 38.4 Å². The monoisotopic (exact) mass is 602 g/mol. The van der Waals surface area contributed by atoms with Gasteiger partial charge in [-0.3, -0.25) is 9.69 Å². The topological polar surface area (TPSA) is 110 Å². The Morgan fingerprint density at radius 3 is 2.72 bits per heavy atom. The van der Waals surface area contributed by atoms with Crippen molar-refractivity contribution in [1.82, 2.24) is 25.3 Å². The number of amides is 1. The first-order valence-corrected chi connectivity index (χ1v) is 15.2. The summed E-state index contributed by atoms with van der Waals surface area (Å²) in [7, 11) is 0. The SMILES string of the molecule is C[C@H](N)c1nc(-c2cccc(-c3csc(SCC(=O)NC4CCN(Cc5ccc(Cl)c(Cl)c5)CC4)n3)c2)no1. The molecule has 1 amide bonds. The van der Waals surface area contributed by atoms with Gasteiger partial charge in [-0.2, -0.15) is 4.98 Å². The Morgan fingerprint density at radius 1 is 1.18 bits per heavy atom. The lowest BCUT2D eigenvalue weighted by Gasteiger charge is -2.32. The zero-order chi connectivity index (χ0) is 27.4. The molecule has 0 radical (unpaired) electrons. The van der Waals surface area contributed by atoms with Crippen LogP contribution < -0.4 is 11.1 Å². The van der Waals surface area contributed by atoms with Crippen molar-refractivity contribution in [1.29, 1.82) is 0 Å². The van der Waals surface area contributed by atoms with Gasteiger partial charge in [-0.15, -0.1) is 11.3 Å². The maximum absolute atomic E-state index is 12.6. The zero-order valence-electron chi connectivity index (χ0n) is 21.3. The molecule has 0 spiro atoms. The van der Waals surface area contributed by atoms with Gasteiger partial charge in [0, 0.05) is 42.2 Å². The van der Waals surface area contributed by atoms with Gasteiger partial charge in [0.15, 0.2) is 4.34 Å². The summed E-state index contributed by atoms with van der Waals surface area (Å²) in [5.74, 6) is 1.25. The quantitative estimate of drug-likeness (QED) is 0.222. The van der Waals surface area contributed by atoms with Crippen LogP contribution in [0.25, 0.3) is 22.6 Å². The Labute approximate surface area is 245 Å². The minimum Gasteiger partial charge on any atom is -0.353 e. The molecule has 3 N–H and O–H groups in total. The number of likely N-dealkylation sites (tertiary alicyclic amines) is 1. The van der Waals surface area contributed by atoms with Crippen molar-refractivity contribution in [2.75, 3.05) is 18.8 Å². The second-order valence-corrected chi connectivity index (χ2v) is 12.4. The molecule has 204 valence electrons. The summed E-state index contributed by atoms with van der Waals surface area (Å²) in [6.45, 7) is 4.46. The van der Waals surface area contributed by atoms with Crippen LogP contribution in [0.3, 0.4) is 0 Å². The van der Waals surface area contributed by atoms with Crippen LogP contribution in [-0.2, 0) is 11.3 Å². The minimum absolute atomic E-state index is 0.0312. The van der Waals surface area contributed by atoms with Crippen molar-refractivity contribution >= 4 is 52.2 Å². The van der Waals surface area contributed by atoms with Crippen molar-refractivity contribution in [2.24, 2.45) is 5.73 Å². The molecule has 0 saturated carbocycles. The normalized spacial score (nSPS) is 15.4. The minimum atomic E-state index is -0.322. The molecule has 1 fully saturated rings. The van der Waals surface area contributed by atoms with Crippen LogP contribution in [0.1, 0.15) is 37.3 Å². The van der Waals surface area contributed by atoms with Crippen LogP contribution in [0.4, 0.5) is 0 Å². The number of hydrogen-bond donors (Lipinski definition) is 2. The number of thioether (sulfide) groups is 1. The van der Waals surface area contributed by atoms with E-state index in [1.165, 1.54) is 23.1 Å². The first-order valence-electron chi connectivity index (χ1n) is 12.6. The van der Waals surface area contributed by atoms with E-state index < -0.39 is 0 Å². The molecule has 2 aromatic carbocycles. The summed E-state index contributed by atoms with van der Waals surface area (Å²) in [6.07, 6.45) is 1.84. The molecular weight excluding hydrogens is 575 g/mol. The summed E-state index contributed by atoms with van der Waals surface area (Å²) in [4.78, 5) is 24.1. The third-order valence-electron chi connectivity index (χ3n) is 6.40. The number of carbonyl (C=O) groups excluding carboxylic acids is 1. The molecule has 8 nitrogen and oxygen atoms in total. The fourth-order valence-electron chi connectivity index (χ4n) is 4.34. The van der Waals surface area contributed by atoms with Gasteiger partial charge in [0.05, 0.1) is 27.5 Å². The third kappa shape index (κ3) is 7.39. The number of halogens is 2. The fraction of sp³-hybridized carbons (Fsp3) is 0.333. The molecule has 5 rings (SSSR count). The molecule has 4 aromatic rings. The maximum Gasteiger partial charge on any atom is 0.243 e. The van der Waals surface area contributed by atoms with Crippen molar-refractivity contribution in [3.63, 3.8) is 0 Å². The van der Waals surface area contributed by atoms with Gasteiger partial charge >= 0.3 is 0 Å². The summed E-state index contributed by atoms with van der Waals surface area (Å²) >= 11 is 15.1. The molecule has 0 unspecified atom stereocenters. The molecule has 0 aliphatic carbocycles. The number of benzene rings is 2. The maximum atomic E-state index is 12.6. The highest BCUT2D eigenvalue weighted by Crippen LogP contribution is 2.30. The van der Waals surface area contributed by atoms with Gasteiger partial charge in [0.25, 0.3) is 0 Å². The van der Waals surface area contributed by atoms with Crippen molar-refractivity contribution in [2.45, 2.75) is 42.7 Å². The van der Waals surface area contributed by atoms with E-state index in [9.17, 15) is 4.79 Å². The van der Waals surface area contributed by atoms with E-state index in [0.717, 1.165) is 59.2 Å². The average Bonchev–Trinajstić information content (AvgIpc) is 3.62. The first-order chi connectivity index (χ1) is 18.8. The van der Waals surface area contributed by atoms with Crippen molar-refractivity contribution in [3.8, 4) is 22.6 Å². The molecule has 1 aliphatic heterocycles. The van der Waals surface area contributed by atoms with Gasteiger partial charge in [-0.25, -0.2) is 4.98 Å². The number of nitrogens with two attached hydrogens (primary N) is 1. The predicted molar refractivity (Wildman–Crippen MR) is 157 cm³/mol. The van der Waals surface area contributed by atoms with E-state index in [1.807, 2.05) is 47.8 Å². The molecule has 12 heteroatoms. The highest BCUT2D eigenvalue weighted by Gasteiger charge is 2.21. The Morgan fingerprint density at radius 2 is 1.97 bits per heavy atom. The van der Waals surface area contributed by atoms with E-state index in [0.29, 0.717) is 27.5 Å². The molecule has 1 saturated heterocycles. The van der Waals surface area contributed by atoms with E-state index in [-0.39, 0.29) is 18.0 Å². The van der Waals surface area contributed by atoms with E-state index in [2.05, 4.69) is 20.4 Å². The number of piperidine rings is 1. The predicted octanol–water partition coefficient (Wildman–Crippen LogP) is 6.06. The average molecular weight is 604 g/mol. The summed E-state index contributed by atoms with van der Waals surface area (Å²) < 4.78 is 6.07. The van der Waals surface area contributed by atoms with Gasteiger partial charge in [-0.05, 0) is 43.5 Å². The number of carbonyl (C=O) groups is 1. The molecule has 1 atom stereocenters. The number of nitrogens with one attached hydrogen (secondary N) is 1. The number of thiazole rings is 1. The zero-order valence-corrected chi connectivity index (χ0v) is 24.4. The highest BCUT2D eigenvalue weighted by atomic mass is 35.5. The second kappa shape index (κ2) is 12.8. The van der Waals surface area contributed by atoms with Crippen LogP contribution in [0.5, 0.6) is 0 Å². The lowest BCUT2D eigenvalue weighted by atomic mass is 10.0. The van der Waals surface area contributed by atoms with Crippen LogP contribution in [0.2, 0.25) is 10.0 Å². The van der Waals surface area contributed by atoms with Gasteiger partial charge in [0.1, 0.15) is 0 Å². The van der Waals surface area contributed by atoms with Crippen LogP contribution in [0, 0.1) is 0 Å². The lowest BCUT2D eigenvalue weighted by molar-refractivity contribution is -0.119. The second-order valence-electron chi connectivity index (χ2n) is 9.48. The van der Waals surface area contributed by atoms with Crippen LogP contribution in [-0.4, -0.2) is 50.8 Å². The molecule has 1 aliphatic rings. The Balaban J connectivity index is 1.09. The Bertz CT molecular complexity index is 1440. The molecule has 2 aromatic heterocycles. The summed E-state index contributed by atoms with van der Waals surface area (Å²) in [5.41, 5.74) is 9.58. The van der Waals surface area contributed by atoms with E-state index in [1.54, 1.807) is 6.92 Å². The number of nitrogens with zero attached hydrogens (tertiary/aromatic N) is 4. The standard InChI is InChI=1S/C27H28Cl2N6O2S2/c1-16(30)26-33-25(34-37-26)19-4-2-3-18(12-19)23-14-38-27(32-23)39-15-24(36)31-20-7-9-35(10-8-20)13-17-5-6-21(28)22(29)11-17/h2-6,11-12,14,16,20H,7-10,13,15,30H2,1H3,(H,31,36)/t16-/m0/s1. The van der Waals surface area contributed by atoms with Crippen LogP contribution >= 0.6 is 46.3 Å². The number of aromatic nitrogens is 3. The highest BCUT2D eigenvalue weighted by molar-refractivity contribution is 8.01. The van der Waals surface area contributed by atoms with Crippen molar-refractivity contribution in [3.05, 3.63) is 69.3 Å². The third-order valence-corrected chi connectivity index (χ3v) is 9.16. The molecule has 3 heterocycles. The first kappa shape index (κ1) is 28.1. The van der Waals surface area contributed by atoms with Crippen molar-refractivity contribution < 1.29 is 9.32 Å². The fourth-order valence-corrected chi connectivity index (χ4v) is 6.31. The van der Waals surface area contributed by atoms with Gasteiger partial charge in [0.2, 0.25) is 17.6 Å². The summed E-state index contributed by atoms with van der Waals surface area (Å²) in [5, 5.41) is 10.4. The van der Waals surface area contributed by atoms with Gasteiger partial charge in [-0.1, -0.05) is 64.4 Å². The molecule has 39 heavy (non-hydrogen) atoms. The smallest absolute Gasteiger partial charge is 0.243 e. The largest absolute Gasteiger partial charge is 0.353 e. The van der Waals surface area contributed by atoms with E-state index >= 15 is 0 Å².